The van der Waals surface area contributed by atoms with Crippen molar-refractivity contribution in [3.05, 3.63) is 64.7 Å². The van der Waals surface area contributed by atoms with Gasteiger partial charge in [-0.15, -0.1) is 11.3 Å². The first-order chi connectivity index (χ1) is 13.9. The number of nitrogens with zero attached hydrogens (tertiary/aromatic N) is 1. The third-order valence-corrected chi connectivity index (χ3v) is 6.31. The number of nitrogens with one attached hydrogen (secondary N) is 1. The molecule has 3 aromatic rings. The van der Waals surface area contributed by atoms with Gasteiger partial charge >= 0.3 is 0 Å². The molecule has 0 radical (unpaired) electrons. The third kappa shape index (κ3) is 6.06. The number of aromatic nitrogens is 1. The van der Waals surface area contributed by atoms with Crippen LogP contribution in [0.3, 0.4) is 0 Å². The van der Waals surface area contributed by atoms with Gasteiger partial charge in [-0.25, -0.2) is 4.98 Å². The summed E-state index contributed by atoms with van der Waals surface area (Å²) in [6, 6.07) is 13.6. The van der Waals surface area contributed by atoms with E-state index < -0.39 is 6.10 Å². The second-order valence-electron chi connectivity index (χ2n) is 6.63. The van der Waals surface area contributed by atoms with Gasteiger partial charge in [0.1, 0.15) is 11.9 Å². The number of anilines is 1. The van der Waals surface area contributed by atoms with E-state index in [1.54, 1.807) is 37.1 Å². The molecule has 0 fully saturated rings. The summed E-state index contributed by atoms with van der Waals surface area (Å²) < 4.78 is 11.9. The standard InChI is InChI=1S/C22H24N2O3S2/c1-14-10-19(29-22-23-15(2)13-28-22)8-9-20(14)24-21(25)16(3)27-12-17-6-5-7-18(11-17)26-4/h5-11,13,16H,12H2,1-4H3,(H,24,25). The minimum atomic E-state index is -0.576. The van der Waals surface area contributed by atoms with E-state index in [4.69, 9.17) is 9.47 Å². The van der Waals surface area contributed by atoms with Crippen LogP contribution in [0.4, 0.5) is 5.69 Å². The van der Waals surface area contributed by atoms with Crippen molar-refractivity contribution in [1.82, 2.24) is 4.98 Å². The van der Waals surface area contributed by atoms with Gasteiger partial charge in [-0.05, 0) is 62.2 Å². The van der Waals surface area contributed by atoms with Gasteiger partial charge in [0.05, 0.1) is 13.7 Å². The maximum Gasteiger partial charge on any atom is 0.253 e. The Morgan fingerprint density at radius 2 is 2.07 bits per heavy atom. The second-order valence-corrected chi connectivity index (χ2v) is 8.81. The number of carbonyl (C=O) groups is 1. The number of hydrogen-bond donors (Lipinski definition) is 1. The van der Waals surface area contributed by atoms with Crippen LogP contribution in [0.1, 0.15) is 23.7 Å². The Balaban J connectivity index is 1.56. The fourth-order valence-electron chi connectivity index (χ4n) is 2.61. The Labute approximate surface area is 179 Å². The van der Waals surface area contributed by atoms with Gasteiger partial charge in [0, 0.05) is 21.7 Å². The molecule has 1 heterocycles. The van der Waals surface area contributed by atoms with Crippen molar-refractivity contribution in [2.24, 2.45) is 0 Å². The average molecular weight is 429 g/mol. The van der Waals surface area contributed by atoms with Crippen LogP contribution < -0.4 is 10.1 Å². The van der Waals surface area contributed by atoms with Crippen molar-refractivity contribution in [3.8, 4) is 5.75 Å². The highest BCUT2D eigenvalue weighted by Gasteiger charge is 2.15. The zero-order chi connectivity index (χ0) is 20.8. The number of methoxy groups -OCH3 is 1. The van der Waals surface area contributed by atoms with E-state index in [0.29, 0.717) is 6.61 Å². The van der Waals surface area contributed by atoms with Crippen LogP contribution in [0.15, 0.2) is 57.1 Å². The smallest absolute Gasteiger partial charge is 0.253 e. The average Bonchev–Trinajstić information content (AvgIpc) is 3.12. The summed E-state index contributed by atoms with van der Waals surface area (Å²) in [5.74, 6) is 0.594. The predicted octanol–water partition coefficient (Wildman–Crippen LogP) is 5.46. The monoisotopic (exact) mass is 428 g/mol. The van der Waals surface area contributed by atoms with Crippen LogP contribution in [-0.4, -0.2) is 24.1 Å². The van der Waals surface area contributed by atoms with Gasteiger partial charge < -0.3 is 14.8 Å². The van der Waals surface area contributed by atoms with Gasteiger partial charge in [-0.1, -0.05) is 23.9 Å². The fraction of sp³-hybridized carbons (Fsp3) is 0.273. The molecule has 29 heavy (non-hydrogen) atoms. The van der Waals surface area contributed by atoms with Crippen molar-refractivity contribution in [3.63, 3.8) is 0 Å². The lowest BCUT2D eigenvalue weighted by atomic mass is 10.2. The molecule has 152 valence electrons. The van der Waals surface area contributed by atoms with E-state index in [9.17, 15) is 4.79 Å². The summed E-state index contributed by atoms with van der Waals surface area (Å²) in [7, 11) is 1.63. The predicted molar refractivity (Wildman–Crippen MR) is 118 cm³/mol. The molecule has 0 spiro atoms. The van der Waals surface area contributed by atoms with Crippen LogP contribution in [0.2, 0.25) is 0 Å². The minimum Gasteiger partial charge on any atom is -0.497 e. The zero-order valence-electron chi connectivity index (χ0n) is 16.9. The molecule has 1 unspecified atom stereocenters. The van der Waals surface area contributed by atoms with E-state index in [2.05, 4.69) is 16.4 Å². The zero-order valence-corrected chi connectivity index (χ0v) is 18.5. The molecule has 0 saturated heterocycles. The summed E-state index contributed by atoms with van der Waals surface area (Å²) in [6.45, 7) is 6.06. The minimum absolute atomic E-state index is 0.174. The van der Waals surface area contributed by atoms with E-state index in [0.717, 1.165) is 37.5 Å². The molecule has 1 amide bonds. The number of hydrogen-bond acceptors (Lipinski definition) is 6. The third-order valence-electron chi connectivity index (χ3n) is 4.26. The Kier molecular flexibility index (Phi) is 7.30. The quantitative estimate of drug-likeness (QED) is 0.516. The highest BCUT2D eigenvalue weighted by Crippen LogP contribution is 2.32. The number of rotatable bonds is 8. The SMILES string of the molecule is COc1cccc(COC(C)C(=O)Nc2ccc(Sc3nc(C)cs3)cc2C)c1. The lowest BCUT2D eigenvalue weighted by molar-refractivity contribution is -0.127. The number of thiazole rings is 1. The number of carbonyl (C=O) groups excluding carboxylic acids is 1. The van der Waals surface area contributed by atoms with E-state index >= 15 is 0 Å². The highest BCUT2D eigenvalue weighted by atomic mass is 32.2. The normalized spacial score (nSPS) is 11.9. The molecule has 0 saturated carbocycles. The van der Waals surface area contributed by atoms with Crippen LogP contribution in [0.5, 0.6) is 5.75 Å². The summed E-state index contributed by atoms with van der Waals surface area (Å²) in [5, 5.41) is 4.99. The first-order valence-corrected chi connectivity index (χ1v) is 10.9. The molecule has 0 aliphatic rings. The molecular formula is C22H24N2O3S2. The van der Waals surface area contributed by atoms with E-state index in [-0.39, 0.29) is 5.91 Å². The van der Waals surface area contributed by atoms with E-state index in [1.807, 2.05) is 55.6 Å². The maximum atomic E-state index is 12.5. The first kappa shape index (κ1) is 21.4. The Bertz CT molecular complexity index is 988. The molecule has 1 N–H and O–H groups in total. The van der Waals surface area contributed by atoms with Crippen LogP contribution in [-0.2, 0) is 16.1 Å². The maximum absolute atomic E-state index is 12.5. The molecular weight excluding hydrogens is 404 g/mol. The molecule has 0 bridgehead atoms. The Hall–Kier alpha value is -2.35. The van der Waals surface area contributed by atoms with Crippen LogP contribution in [0, 0.1) is 13.8 Å². The Morgan fingerprint density at radius 1 is 1.24 bits per heavy atom. The fourth-order valence-corrected chi connectivity index (χ4v) is 4.52. The molecule has 7 heteroatoms. The highest BCUT2D eigenvalue weighted by molar-refractivity contribution is 8.01. The number of amides is 1. The molecule has 1 aromatic heterocycles. The molecule has 1 atom stereocenters. The number of ether oxygens (including phenoxy) is 2. The van der Waals surface area contributed by atoms with E-state index in [1.165, 1.54) is 0 Å². The summed E-state index contributed by atoms with van der Waals surface area (Å²) >= 11 is 3.26. The lowest BCUT2D eigenvalue weighted by Crippen LogP contribution is -2.27. The second kappa shape index (κ2) is 9.91. The lowest BCUT2D eigenvalue weighted by Gasteiger charge is -2.15. The van der Waals surface area contributed by atoms with Crippen LogP contribution in [0.25, 0.3) is 0 Å². The van der Waals surface area contributed by atoms with Crippen molar-refractivity contribution < 1.29 is 14.3 Å². The molecule has 0 aliphatic heterocycles. The summed E-state index contributed by atoms with van der Waals surface area (Å²) in [6.07, 6.45) is -0.576. The molecule has 3 rings (SSSR count). The first-order valence-electron chi connectivity index (χ1n) is 9.20. The van der Waals surface area contributed by atoms with Gasteiger partial charge in [0.25, 0.3) is 5.91 Å². The van der Waals surface area contributed by atoms with Crippen molar-refractivity contribution in [2.75, 3.05) is 12.4 Å². The van der Waals surface area contributed by atoms with Crippen molar-refractivity contribution in [2.45, 2.75) is 42.7 Å². The van der Waals surface area contributed by atoms with Gasteiger partial charge in [-0.3, -0.25) is 4.79 Å². The van der Waals surface area contributed by atoms with Crippen LogP contribution >= 0.6 is 23.1 Å². The van der Waals surface area contributed by atoms with Crippen molar-refractivity contribution >= 4 is 34.7 Å². The Morgan fingerprint density at radius 3 is 2.76 bits per heavy atom. The van der Waals surface area contributed by atoms with Crippen molar-refractivity contribution in [1.29, 1.82) is 0 Å². The largest absolute Gasteiger partial charge is 0.497 e. The molecule has 5 nitrogen and oxygen atoms in total. The topological polar surface area (TPSA) is 60.5 Å². The van der Waals surface area contributed by atoms with Gasteiger partial charge in [-0.2, -0.15) is 0 Å². The summed E-state index contributed by atoms with van der Waals surface area (Å²) in [5.41, 5.74) is 3.77. The number of benzene rings is 2. The van der Waals surface area contributed by atoms with Gasteiger partial charge in [0.2, 0.25) is 0 Å². The number of aryl methyl sites for hydroxylation is 2. The summed E-state index contributed by atoms with van der Waals surface area (Å²) in [4.78, 5) is 18.1. The van der Waals surface area contributed by atoms with Gasteiger partial charge in [0.15, 0.2) is 4.34 Å². The molecule has 2 aromatic carbocycles. The molecule has 0 aliphatic carbocycles.